The monoisotopic (exact) mass is 436 g/mol. The Hall–Kier alpha value is -2.82. The van der Waals surface area contributed by atoms with Gasteiger partial charge in [0.2, 0.25) is 10.0 Å². The lowest BCUT2D eigenvalue weighted by Gasteiger charge is -2.26. The number of morpholine rings is 1. The van der Waals surface area contributed by atoms with Crippen LogP contribution < -0.4 is 5.32 Å². The van der Waals surface area contributed by atoms with E-state index < -0.39 is 34.3 Å². The maximum atomic E-state index is 13.3. The van der Waals surface area contributed by atoms with Crippen molar-refractivity contribution in [2.75, 3.05) is 38.2 Å². The van der Waals surface area contributed by atoms with E-state index in [1.165, 1.54) is 40.7 Å². The fourth-order valence-corrected chi connectivity index (χ4v) is 4.27. The average molecular weight is 436 g/mol. The molecule has 2 aromatic carbocycles. The van der Waals surface area contributed by atoms with Crippen LogP contribution in [0.2, 0.25) is 0 Å². The summed E-state index contributed by atoms with van der Waals surface area (Å²) in [5.74, 6) is -2.00. The molecule has 160 valence electrons. The molecule has 0 bridgehead atoms. The van der Waals surface area contributed by atoms with E-state index in [-0.39, 0.29) is 23.5 Å². The highest BCUT2D eigenvalue weighted by molar-refractivity contribution is 7.89. The zero-order chi connectivity index (χ0) is 21.7. The molecule has 0 unspecified atom stereocenters. The standard InChI is InChI=1S/C20H21FN2O6S/c1-14-2-3-15(21)12-18(14)20(25)29-13-19(24)22-16-4-6-17(7-5-16)30(26,27)23-8-10-28-11-9-23/h2-7,12H,8-11,13H2,1H3,(H,22,24). The van der Waals surface area contributed by atoms with Gasteiger partial charge in [-0.15, -0.1) is 0 Å². The normalized spacial score (nSPS) is 14.9. The Morgan fingerprint density at radius 1 is 1.13 bits per heavy atom. The summed E-state index contributed by atoms with van der Waals surface area (Å²) in [6, 6.07) is 9.39. The van der Waals surface area contributed by atoms with E-state index in [9.17, 15) is 22.4 Å². The third-order valence-corrected chi connectivity index (χ3v) is 6.41. The minimum Gasteiger partial charge on any atom is -0.452 e. The lowest BCUT2D eigenvalue weighted by molar-refractivity contribution is -0.119. The van der Waals surface area contributed by atoms with Crippen molar-refractivity contribution >= 4 is 27.6 Å². The third kappa shape index (κ3) is 5.21. The number of carbonyl (C=O) groups excluding carboxylic acids is 2. The summed E-state index contributed by atoms with van der Waals surface area (Å²) >= 11 is 0. The van der Waals surface area contributed by atoms with Crippen LogP contribution in [0.25, 0.3) is 0 Å². The Morgan fingerprint density at radius 2 is 1.80 bits per heavy atom. The molecule has 10 heteroatoms. The Morgan fingerprint density at radius 3 is 2.47 bits per heavy atom. The van der Waals surface area contributed by atoms with Gasteiger partial charge in [0.15, 0.2) is 6.61 Å². The first-order chi connectivity index (χ1) is 14.3. The van der Waals surface area contributed by atoms with E-state index in [2.05, 4.69) is 5.32 Å². The van der Waals surface area contributed by atoms with Gasteiger partial charge >= 0.3 is 5.97 Å². The van der Waals surface area contributed by atoms with Gasteiger partial charge in [0.25, 0.3) is 5.91 Å². The van der Waals surface area contributed by atoms with Crippen molar-refractivity contribution in [3.63, 3.8) is 0 Å². The average Bonchev–Trinajstić information content (AvgIpc) is 2.75. The van der Waals surface area contributed by atoms with E-state index in [1.807, 2.05) is 0 Å². The second-order valence-corrected chi connectivity index (χ2v) is 8.56. The number of hydrogen-bond acceptors (Lipinski definition) is 6. The van der Waals surface area contributed by atoms with Crippen molar-refractivity contribution in [3.8, 4) is 0 Å². The lowest BCUT2D eigenvalue weighted by Crippen LogP contribution is -2.40. The number of sulfonamides is 1. The predicted octanol–water partition coefficient (Wildman–Crippen LogP) is 1.95. The molecule has 0 spiro atoms. The van der Waals surface area contributed by atoms with Crippen molar-refractivity contribution in [2.24, 2.45) is 0 Å². The molecule has 0 atom stereocenters. The van der Waals surface area contributed by atoms with Gasteiger partial charge in [-0.3, -0.25) is 4.79 Å². The molecule has 0 saturated carbocycles. The molecule has 1 saturated heterocycles. The summed E-state index contributed by atoms with van der Waals surface area (Å²) in [6.07, 6.45) is 0. The summed E-state index contributed by atoms with van der Waals surface area (Å²) in [7, 11) is -3.63. The largest absolute Gasteiger partial charge is 0.452 e. The number of rotatable bonds is 6. The highest BCUT2D eigenvalue weighted by atomic mass is 32.2. The molecule has 1 fully saturated rings. The van der Waals surface area contributed by atoms with Crippen LogP contribution in [-0.2, 0) is 24.3 Å². The molecule has 2 aromatic rings. The van der Waals surface area contributed by atoms with Gasteiger partial charge in [0, 0.05) is 18.8 Å². The van der Waals surface area contributed by atoms with E-state index >= 15 is 0 Å². The molecule has 1 amide bonds. The van der Waals surface area contributed by atoms with Crippen molar-refractivity contribution < 1.29 is 31.9 Å². The number of anilines is 1. The van der Waals surface area contributed by atoms with Crippen molar-refractivity contribution in [2.45, 2.75) is 11.8 Å². The number of nitrogens with one attached hydrogen (secondary N) is 1. The fourth-order valence-electron chi connectivity index (χ4n) is 2.87. The number of hydrogen-bond donors (Lipinski definition) is 1. The molecule has 1 N–H and O–H groups in total. The molecule has 8 nitrogen and oxygen atoms in total. The van der Waals surface area contributed by atoms with Gasteiger partial charge in [0.1, 0.15) is 5.82 Å². The van der Waals surface area contributed by atoms with Crippen LogP contribution in [0, 0.1) is 12.7 Å². The first-order valence-electron chi connectivity index (χ1n) is 9.18. The predicted molar refractivity (Wildman–Crippen MR) is 106 cm³/mol. The number of halogens is 1. The zero-order valence-corrected chi connectivity index (χ0v) is 17.1. The van der Waals surface area contributed by atoms with Gasteiger partial charge in [-0.1, -0.05) is 6.07 Å². The van der Waals surface area contributed by atoms with E-state index in [1.54, 1.807) is 6.92 Å². The fraction of sp³-hybridized carbons (Fsp3) is 0.300. The Balaban J connectivity index is 1.57. The van der Waals surface area contributed by atoms with Crippen LogP contribution >= 0.6 is 0 Å². The lowest BCUT2D eigenvalue weighted by atomic mass is 10.1. The second kappa shape index (κ2) is 9.33. The number of esters is 1. The molecule has 0 aromatic heterocycles. The van der Waals surface area contributed by atoms with E-state index in [4.69, 9.17) is 9.47 Å². The minimum absolute atomic E-state index is 0.0421. The number of nitrogens with zero attached hydrogens (tertiary/aromatic N) is 1. The highest BCUT2D eigenvalue weighted by Crippen LogP contribution is 2.19. The van der Waals surface area contributed by atoms with Crippen LogP contribution in [0.5, 0.6) is 0 Å². The molecular weight excluding hydrogens is 415 g/mol. The molecule has 1 heterocycles. The number of amides is 1. The first-order valence-corrected chi connectivity index (χ1v) is 10.6. The highest BCUT2D eigenvalue weighted by Gasteiger charge is 2.26. The molecule has 30 heavy (non-hydrogen) atoms. The summed E-state index contributed by atoms with van der Waals surface area (Å²) in [5.41, 5.74) is 0.915. The molecule has 1 aliphatic heterocycles. The molecule has 0 aliphatic carbocycles. The number of carbonyl (C=O) groups is 2. The van der Waals surface area contributed by atoms with Gasteiger partial charge in [-0.05, 0) is 48.9 Å². The maximum Gasteiger partial charge on any atom is 0.339 e. The molecule has 0 radical (unpaired) electrons. The Kier molecular flexibility index (Phi) is 6.80. The van der Waals surface area contributed by atoms with Crippen LogP contribution in [0.1, 0.15) is 15.9 Å². The topological polar surface area (TPSA) is 102 Å². The third-order valence-electron chi connectivity index (χ3n) is 4.50. The first kappa shape index (κ1) is 21.9. The summed E-state index contributed by atoms with van der Waals surface area (Å²) < 4.78 is 49.9. The SMILES string of the molecule is Cc1ccc(F)cc1C(=O)OCC(=O)Nc1ccc(S(=O)(=O)N2CCOCC2)cc1. The quantitative estimate of drug-likeness (QED) is 0.695. The van der Waals surface area contributed by atoms with Crippen molar-refractivity contribution in [1.29, 1.82) is 0 Å². The van der Waals surface area contributed by atoms with Gasteiger partial charge < -0.3 is 14.8 Å². The van der Waals surface area contributed by atoms with Crippen LogP contribution in [0.15, 0.2) is 47.4 Å². The summed E-state index contributed by atoms with van der Waals surface area (Å²) in [4.78, 5) is 24.2. The van der Waals surface area contributed by atoms with Crippen molar-refractivity contribution in [1.82, 2.24) is 4.31 Å². The summed E-state index contributed by atoms with van der Waals surface area (Å²) in [5, 5.41) is 2.51. The van der Waals surface area contributed by atoms with E-state index in [0.29, 0.717) is 24.5 Å². The van der Waals surface area contributed by atoms with Crippen LogP contribution in [0.3, 0.4) is 0 Å². The number of aryl methyl sites for hydroxylation is 1. The van der Waals surface area contributed by atoms with Crippen molar-refractivity contribution in [3.05, 3.63) is 59.4 Å². The van der Waals surface area contributed by atoms with E-state index in [0.717, 1.165) is 6.07 Å². The minimum atomic E-state index is -3.63. The van der Waals surface area contributed by atoms with Gasteiger partial charge in [0.05, 0.1) is 23.7 Å². The molecular formula is C20H21FN2O6S. The maximum absolute atomic E-state index is 13.3. The molecule has 3 rings (SSSR count). The summed E-state index contributed by atoms with van der Waals surface area (Å²) in [6.45, 7) is 2.33. The van der Waals surface area contributed by atoms with Crippen LogP contribution in [0.4, 0.5) is 10.1 Å². The Bertz CT molecular complexity index is 1030. The smallest absolute Gasteiger partial charge is 0.339 e. The Labute approximate surface area is 173 Å². The van der Waals surface area contributed by atoms with Crippen LogP contribution in [-0.4, -0.2) is 57.5 Å². The number of ether oxygens (including phenoxy) is 2. The van der Waals surface area contributed by atoms with Gasteiger partial charge in [-0.2, -0.15) is 4.31 Å². The zero-order valence-electron chi connectivity index (χ0n) is 16.3. The molecule has 1 aliphatic rings. The number of benzene rings is 2. The second-order valence-electron chi connectivity index (χ2n) is 6.62. The van der Waals surface area contributed by atoms with Gasteiger partial charge in [-0.25, -0.2) is 17.6 Å².